The van der Waals surface area contributed by atoms with Crippen LogP contribution in [0.2, 0.25) is 0 Å². The summed E-state index contributed by atoms with van der Waals surface area (Å²) < 4.78 is 11.4. The molecule has 1 aliphatic rings. The summed E-state index contributed by atoms with van der Waals surface area (Å²) in [5.74, 6) is 1.63. The lowest BCUT2D eigenvalue weighted by Gasteiger charge is -2.09. The van der Waals surface area contributed by atoms with E-state index in [1.54, 1.807) is 11.8 Å². The van der Waals surface area contributed by atoms with Crippen molar-refractivity contribution in [2.24, 2.45) is 10.2 Å². The first-order chi connectivity index (χ1) is 10.8. The summed E-state index contributed by atoms with van der Waals surface area (Å²) in [7, 11) is 0. The van der Waals surface area contributed by atoms with Crippen LogP contribution in [0.4, 0.5) is 11.4 Å². The molecule has 114 valence electrons. The number of hydrogen-bond acceptors (Lipinski definition) is 5. The van der Waals surface area contributed by atoms with Gasteiger partial charge in [-0.2, -0.15) is 0 Å². The van der Waals surface area contributed by atoms with E-state index in [1.807, 2.05) is 43.3 Å². The molecular formula is C17H18N2O2S. The van der Waals surface area contributed by atoms with Gasteiger partial charge < -0.3 is 9.47 Å². The molecule has 0 radical (unpaired) electrons. The van der Waals surface area contributed by atoms with Crippen LogP contribution in [0.3, 0.4) is 0 Å². The molecule has 0 fully saturated rings. The van der Waals surface area contributed by atoms with E-state index in [9.17, 15) is 0 Å². The summed E-state index contributed by atoms with van der Waals surface area (Å²) in [6.07, 6.45) is 0. The smallest absolute Gasteiger partial charge is 0.146 e. The minimum Gasteiger partial charge on any atom is -0.489 e. The molecule has 2 aromatic carbocycles. The standard InChI is InChI=1S/C17H18N2O2S/c1-13-6-7-16-15(12-13)19-18-14-4-2-3-5-17(14)22-11-10-20-8-9-21-16/h2-7,12H,8-11H2,1H3. The molecule has 22 heavy (non-hydrogen) atoms. The quantitative estimate of drug-likeness (QED) is 0.694. The van der Waals surface area contributed by atoms with Crippen molar-refractivity contribution >= 4 is 23.1 Å². The zero-order chi connectivity index (χ0) is 15.2. The molecule has 4 nitrogen and oxygen atoms in total. The summed E-state index contributed by atoms with van der Waals surface area (Å²) in [6.45, 7) is 3.82. The zero-order valence-corrected chi connectivity index (χ0v) is 13.3. The molecule has 0 saturated heterocycles. The first kappa shape index (κ1) is 15.1. The number of nitrogens with zero attached hydrogens (tertiary/aromatic N) is 2. The van der Waals surface area contributed by atoms with E-state index in [2.05, 4.69) is 16.3 Å². The van der Waals surface area contributed by atoms with Crippen molar-refractivity contribution in [2.45, 2.75) is 11.8 Å². The first-order valence-corrected chi connectivity index (χ1v) is 8.26. The summed E-state index contributed by atoms with van der Waals surface area (Å²) in [4.78, 5) is 1.12. The highest BCUT2D eigenvalue weighted by molar-refractivity contribution is 7.99. The van der Waals surface area contributed by atoms with Crippen LogP contribution in [0, 0.1) is 6.92 Å². The average molecular weight is 314 g/mol. The van der Waals surface area contributed by atoms with E-state index in [1.165, 1.54) is 0 Å². The van der Waals surface area contributed by atoms with E-state index < -0.39 is 0 Å². The van der Waals surface area contributed by atoms with Crippen LogP contribution in [0.15, 0.2) is 57.6 Å². The highest BCUT2D eigenvalue weighted by Gasteiger charge is 2.07. The zero-order valence-electron chi connectivity index (χ0n) is 12.5. The Morgan fingerprint density at radius 2 is 1.82 bits per heavy atom. The Balaban J connectivity index is 1.96. The molecule has 2 aromatic rings. The fraction of sp³-hybridized carbons (Fsp3) is 0.294. The molecule has 3 rings (SSSR count). The topological polar surface area (TPSA) is 43.2 Å². The third-order valence-electron chi connectivity index (χ3n) is 3.22. The van der Waals surface area contributed by atoms with Crippen LogP contribution in [-0.2, 0) is 4.74 Å². The Morgan fingerprint density at radius 1 is 0.955 bits per heavy atom. The summed E-state index contributed by atoms with van der Waals surface area (Å²) in [5, 5.41) is 8.82. The molecule has 0 amide bonds. The van der Waals surface area contributed by atoms with E-state index in [0.717, 1.165) is 33.3 Å². The van der Waals surface area contributed by atoms with Crippen molar-refractivity contribution in [3.63, 3.8) is 0 Å². The van der Waals surface area contributed by atoms with Gasteiger partial charge in [0.15, 0.2) is 0 Å². The van der Waals surface area contributed by atoms with Gasteiger partial charge >= 0.3 is 0 Å². The summed E-state index contributed by atoms with van der Waals surface area (Å²) in [5.41, 5.74) is 2.75. The fourth-order valence-corrected chi connectivity index (χ4v) is 2.97. The second-order valence-corrected chi connectivity index (χ2v) is 6.08. The molecule has 0 unspecified atom stereocenters. The number of hydrogen-bond donors (Lipinski definition) is 0. The maximum atomic E-state index is 5.76. The van der Waals surface area contributed by atoms with Crippen LogP contribution in [-0.4, -0.2) is 25.6 Å². The van der Waals surface area contributed by atoms with Gasteiger partial charge in [-0.15, -0.1) is 22.0 Å². The average Bonchev–Trinajstić information content (AvgIpc) is 2.55. The molecule has 0 atom stereocenters. The number of thioether (sulfide) groups is 1. The lowest BCUT2D eigenvalue weighted by Crippen LogP contribution is -2.08. The molecule has 0 N–H and O–H groups in total. The third kappa shape index (κ3) is 3.87. The highest BCUT2D eigenvalue weighted by atomic mass is 32.2. The Kier molecular flexibility index (Phi) is 5.08. The van der Waals surface area contributed by atoms with Crippen LogP contribution in [0.5, 0.6) is 5.75 Å². The Morgan fingerprint density at radius 3 is 2.77 bits per heavy atom. The number of aryl methyl sites for hydroxylation is 1. The minimum atomic E-state index is 0.517. The molecule has 0 spiro atoms. The minimum absolute atomic E-state index is 0.517. The number of benzene rings is 2. The van der Waals surface area contributed by atoms with Crippen LogP contribution >= 0.6 is 11.8 Å². The van der Waals surface area contributed by atoms with E-state index in [4.69, 9.17) is 9.47 Å². The lowest BCUT2D eigenvalue weighted by atomic mass is 10.2. The van der Waals surface area contributed by atoms with Crippen LogP contribution < -0.4 is 4.74 Å². The Labute approximate surface area is 134 Å². The predicted molar refractivity (Wildman–Crippen MR) is 88.8 cm³/mol. The van der Waals surface area contributed by atoms with Crippen LogP contribution in [0.1, 0.15) is 5.56 Å². The van der Waals surface area contributed by atoms with Crippen molar-refractivity contribution in [3.8, 4) is 5.75 Å². The summed E-state index contributed by atoms with van der Waals surface area (Å²) in [6, 6.07) is 14.0. The van der Waals surface area contributed by atoms with Gasteiger partial charge in [0.25, 0.3) is 0 Å². The Bertz CT molecular complexity index is 673. The molecule has 0 aliphatic carbocycles. The van der Waals surface area contributed by atoms with Crippen molar-refractivity contribution in [1.82, 2.24) is 0 Å². The molecular weight excluding hydrogens is 296 g/mol. The van der Waals surface area contributed by atoms with Gasteiger partial charge in [-0.3, -0.25) is 0 Å². The van der Waals surface area contributed by atoms with Gasteiger partial charge in [0.05, 0.1) is 18.9 Å². The van der Waals surface area contributed by atoms with E-state index in [0.29, 0.717) is 19.8 Å². The Hall–Kier alpha value is -1.85. The van der Waals surface area contributed by atoms with Gasteiger partial charge in [-0.05, 0) is 36.8 Å². The summed E-state index contributed by atoms with van der Waals surface area (Å²) >= 11 is 1.73. The number of ether oxygens (including phenoxy) is 2. The molecule has 0 aromatic heterocycles. The number of rotatable bonds is 0. The maximum Gasteiger partial charge on any atom is 0.146 e. The van der Waals surface area contributed by atoms with Crippen LogP contribution in [0.25, 0.3) is 0 Å². The van der Waals surface area contributed by atoms with E-state index in [-0.39, 0.29) is 0 Å². The second-order valence-electron chi connectivity index (χ2n) is 4.95. The van der Waals surface area contributed by atoms with Crippen molar-refractivity contribution in [1.29, 1.82) is 0 Å². The fourth-order valence-electron chi connectivity index (χ4n) is 2.12. The van der Waals surface area contributed by atoms with Gasteiger partial charge in [0.1, 0.15) is 18.0 Å². The maximum absolute atomic E-state index is 5.76. The van der Waals surface area contributed by atoms with Crippen molar-refractivity contribution < 1.29 is 9.47 Å². The molecule has 0 bridgehead atoms. The first-order valence-electron chi connectivity index (χ1n) is 7.28. The monoisotopic (exact) mass is 314 g/mol. The second kappa shape index (κ2) is 7.42. The van der Waals surface area contributed by atoms with Crippen molar-refractivity contribution in [3.05, 3.63) is 48.0 Å². The van der Waals surface area contributed by atoms with Gasteiger partial charge in [0, 0.05) is 10.6 Å². The SMILES string of the molecule is Cc1ccc2c(c1)N=Nc1ccccc1SCCOCCO2. The van der Waals surface area contributed by atoms with Gasteiger partial charge in [-0.1, -0.05) is 18.2 Å². The molecule has 0 saturated carbocycles. The molecule has 1 aliphatic heterocycles. The van der Waals surface area contributed by atoms with Gasteiger partial charge in [-0.25, -0.2) is 0 Å². The molecule has 1 heterocycles. The predicted octanol–water partition coefficient (Wildman–Crippen LogP) is 4.91. The van der Waals surface area contributed by atoms with Gasteiger partial charge in [0.2, 0.25) is 0 Å². The molecule has 5 heteroatoms. The normalized spacial score (nSPS) is 15.5. The lowest BCUT2D eigenvalue weighted by molar-refractivity contribution is 0.112. The third-order valence-corrected chi connectivity index (χ3v) is 4.24. The van der Waals surface area contributed by atoms with Crippen molar-refractivity contribution in [2.75, 3.05) is 25.6 Å². The number of azo groups is 1. The highest BCUT2D eigenvalue weighted by Crippen LogP contribution is 2.34. The van der Waals surface area contributed by atoms with E-state index >= 15 is 0 Å². The largest absolute Gasteiger partial charge is 0.489 e. The number of fused-ring (bicyclic) bond motifs is 2.